The number of carbonyl (C=O) groups is 1. The van der Waals surface area contributed by atoms with Crippen LogP contribution >= 0.6 is 23.1 Å². The third kappa shape index (κ3) is 3.77. The van der Waals surface area contributed by atoms with Crippen LogP contribution in [0.25, 0.3) is 21.3 Å². The summed E-state index contributed by atoms with van der Waals surface area (Å²) in [5, 5.41) is 4.43. The Morgan fingerprint density at radius 3 is 3.00 bits per heavy atom. The normalized spacial score (nSPS) is 11.2. The molecule has 0 saturated carbocycles. The van der Waals surface area contributed by atoms with Gasteiger partial charge in [-0.15, -0.1) is 0 Å². The van der Waals surface area contributed by atoms with Crippen molar-refractivity contribution in [3.63, 3.8) is 0 Å². The fourth-order valence-corrected chi connectivity index (χ4v) is 4.54. The molecule has 2 heterocycles. The van der Waals surface area contributed by atoms with Crippen LogP contribution in [0.3, 0.4) is 0 Å². The number of para-hydroxylation sites is 2. The van der Waals surface area contributed by atoms with Crippen molar-refractivity contribution in [2.45, 2.75) is 12.1 Å². The van der Waals surface area contributed by atoms with Gasteiger partial charge in [0.2, 0.25) is 5.91 Å². The number of nitrogens with one attached hydrogen (secondary N) is 2. The number of aryl methyl sites for hydroxylation is 1. The maximum Gasteiger partial charge on any atom is 0.317 e. The lowest BCUT2D eigenvalue weighted by molar-refractivity contribution is -0.683. The third-order valence-electron chi connectivity index (χ3n) is 4.07. The second-order valence-corrected chi connectivity index (χ2v) is 7.92. The molecule has 2 aromatic heterocycles. The molecule has 0 aliphatic heterocycles. The summed E-state index contributed by atoms with van der Waals surface area (Å²) in [6, 6.07) is 13.8. The van der Waals surface area contributed by atoms with Crippen molar-refractivity contribution in [1.29, 1.82) is 0 Å². The van der Waals surface area contributed by atoms with E-state index in [0.29, 0.717) is 17.5 Å². The number of carbonyl (C=O) groups excluding carboxylic acids is 1. The van der Waals surface area contributed by atoms with Gasteiger partial charge in [0.25, 0.3) is 0 Å². The van der Waals surface area contributed by atoms with Gasteiger partial charge in [-0.25, -0.2) is 14.5 Å². The molecule has 0 unspecified atom stereocenters. The lowest BCUT2D eigenvalue weighted by Gasteiger charge is -2.00. The summed E-state index contributed by atoms with van der Waals surface area (Å²) in [7, 11) is 1.99. The molecule has 1 amide bonds. The standard InChI is InChI=1S/C19H18N4O2S2/c1-3-25-12-8-9-14-16(10-12)27-18(20-14)22-17(24)11-26-19-21-13-6-4-5-7-15(13)23(19)2/h4-10H,3,11H2,1-2H3,(H,20,22,24)/p+1. The molecule has 2 aromatic carbocycles. The van der Waals surface area contributed by atoms with E-state index in [0.717, 1.165) is 32.2 Å². The van der Waals surface area contributed by atoms with Gasteiger partial charge in [-0.1, -0.05) is 23.5 Å². The predicted molar refractivity (Wildman–Crippen MR) is 110 cm³/mol. The van der Waals surface area contributed by atoms with Crippen LogP contribution in [0.5, 0.6) is 5.75 Å². The van der Waals surface area contributed by atoms with Gasteiger partial charge in [-0.2, -0.15) is 0 Å². The molecule has 0 saturated heterocycles. The summed E-state index contributed by atoms with van der Waals surface area (Å²) in [5.74, 6) is 1.04. The molecule has 0 radical (unpaired) electrons. The van der Waals surface area contributed by atoms with Gasteiger partial charge in [0.15, 0.2) is 16.2 Å². The Hall–Kier alpha value is -2.58. The zero-order valence-electron chi connectivity index (χ0n) is 15.0. The van der Waals surface area contributed by atoms with Crippen LogP contribution in [0.2, 0.25) is 0 Å². The molecule has 6 nitrogen and oxygen atoms in total. The quantitative estimate of drug-likeness (QED) is 0.383. The van der Waals surface area contributed by atoms with Crippen LogP contribution < -0.4 is 14.6 Å². The van der Waals surface area contributed by atoms with Gasteiger partial charge >= 0.3 is 5.16 Å². The molecular formula is C19H19N4O2S2+. The summed E-state index contributed by atoms with van der Waals surface area (Å²) >= 11 is 2.92. The van der Waals surface area contributed by atoms with E-state index in [4.69, 9.17) is 4.74 Å². The van der Waals surface area contributed by atoms with E-state index in [1.165, 1.54) is 23.1 Å². The number of hydrogen-bond acceptors (Lipinski definition) is 5. The number of rotatable bonds is 6. The number of imidazole rings is 1. The number of thioether (sulfide) groups is 1. The first-order chi connectivity index (χ1) is 13.1. The number of aromatic nitrogens is 3. The van der Waals surface area contributed by atoms with Crippen LogP contribution in [0, 0.1) is 0 Å². The molecule has 138 valence electrons. The van der Waals surface area contributed by atoms with Crippen LogP contribution in [0.15, 0.2) is 47.6 Å². The molecule has 0 spiro atoms. The fraction of sp³-hybridized carbons (Fsp3) is 0.211. The second kappa shape index (κ2) is 7.58. The Labute approximate surface area is 164 Å². The molecule has 0 atom stereocenters. The minimum absolute atomic E-state index is 0.0808. The van der Waals surface area contributed by atoms with Gasteiger partial charge in [-0.05, 0) is 49.0 Å². The van der Waals surface area contributed by atoms with Crippen molar-refractivity contribution in [1.82, 2.24) is 9.97 Å². The number of thiazole rings is 1. The first kappa shape index (κ1) is 17.8. The number of amides is 1. The molecule has 8 heteroatoms. The number of ether oxygens (including phenoxy) is 1. The van der Waals surface area contributed by atoms with Gasteiger partial charge < -0.3 is 10.1 Å². The Balaban J connectivity index is 1.43. The zero-order chi connectivity index (χ0) is 18.8. The van der Waals surface area contributed by atoms with Crippen LogP contribution in [-0.2, 0) is 11.8 Å². The number of hydrogen-bond donors (Lipinski definition) is 2. The van der Waals surface area contributed by atoms with Gasteiger partial charge in [0.1, 0.15) is 5.75 Å². The Morgan fingerprint density at radius 2 is 2.19 bits per heavy atom. The molecule has 2 N–H and O–H groups in total. The highest BCUT2D eigenvalue weighted by Gasteiger charge is 2.17. The Morgan fingerprint density at radius 1 is 1.33 bits per heavy atom. The average Bonchev–Trinajstić information content (AvgIpc) is 3.20. The van der Waals surface area contributed by atoms with Crippen LogP contribution in [0.4, 0.5) is 5.13 Å². The van der Waals surface area contributed by atoms with E-state index >= 15 is 0 Å². The predicted octanol–water partition coefficient (Wildman–Crippen LogP) is 3.73. The minimum Gasteiger partial charge on any atom is -0.494 e. The molecule has 0 fully saturated rings. The number of benzene rings is 2. The Bertz CT molecular complexity index is 1120. The first-order valence-electron chi connectivity index (χ1n) is 8.57. The zero-order valence-corrected chi connectivity index (χ0v) is 16.6. The lowest BCUT2D eigenvalue weighted by atomic mass is 10.3. The van der Waals surface area contributed by atoms with Gasteiger partial charge in [0.05, 0.1) is 29.6 Å². The lowest BCUT2D eigenvalue weighted by Crippen LogP contribution is -2.29. The highest BCUT2D eigenvalue weighted by atomic mass is 32.2. The van der Waals surface area contributed by atoms with E-state index in [2.05, 4.69) is 19.9 Å². The van der Waals surface area contributed by atoms with Crippen molar-refractivity contribution < 1.29 is 14.1 Å². The number of nitrogens with zero attached hydrogens (tertiary/aromatic N) is 2. The number of aromatic amines is 1. The van der Waals surface area contributed by atoms with Crippen molar-refractivity contribution in [2.75, 3.05) is 17.7 Å². The van der Waals surface area contributed by atoms with Crippen molar-refractivity contribution in [3.8, 4) is 5.75 Å². The molecule has 0 bridgehead atoms. The number of fused-ring (bicyclic) bond motifs is 2. The highest BCUT2D eigenvalue weighted by molar-refractivity contribution is 7.99. The fourth-order valence-electron chi connectivity index (χ4n) is 2.82. The maximum atomic E-state index is 12.3. The molecule has 0 aliphatic carbocycles. The van der Waals surface area contributed by atoms with Crippen molar-refractivity contribution >= 4 is 55.4 Å². The van der Waals surface area contributed by atoms with Crippen LogP contribution in [0.1, 0.15) is 6.92 Å². The van der Waals surface area contributed by atoms with E-state index in [9.17, 15) is 4.79 Å². The summed E-state index contributed by atoms with van der Waals surface area (Å²) in [6.45, 7) is 2.57. The van der Waals surface area contributed by atoms with E-state index in [1.807, 2.05) is 56.4 Å². The second-order valence-electron chi connectivity index (χ2n) is 5.92. The smallest absolute Gasteiger partial charge is 0.317 e. The molecule has 4 aromatic rings. The highest BCUT2D eigenvalue weighted by Crippen LogP contribution is 2.29. The summed E-state index contributed by atoms with van der Waals surface area (Å²) in [4.78, 5) is 20.2. The molecule has 27 heavy (non-hydrogen) atoms. The third-order valence-corrected chi connectivity index (χ3v) is 6.06. The van der Waals surface area contributed by atoms with Gasteiger partial charge in [-0.3, -0.25) is 4.79 Å². The maximum absolute atomic E-state index is 12.3. The van der Waals surface area contributed by atoms with Gasteiger partial charge in [0, 0.05) is 0 Å². The molecule has 4 rings (SSSR count). The van der Waals surface area contributed by atoms with Crippen LogP contribution in [-0.4, -0.2) is 28.2 Å². The molecule has 0 aliphatic rings. The van der Waals surface area contributed by atoms with E-state index in [-0.39, 0.29) is 5.91 Å². The summed E-state index contributed by atoms with van der Waals surface area (Å²) in [6.07, 6.45) is 0. The summed E-state index contributed by atoms with van der Waals surface area (Å²) < 4.78 is 8.56. The van der Waals surface area contributed by atoms with E-state index < -0.39 is 0 Å². The topological polar surface area (TPSA) is 70.9 Å². The first-order valence-corrected chi connectivity index (χ1v) is 10.4. The average molecular weight is 400 g/mol. The Kier molecular flexibility index (Phi) is 5.00. The largest absolute Gasteiger partial charge is 0.494 e. The number of H-pyrrole nitrogens is 1. The minimum atomic E-state index is -0.0808. The SMILES string of the molecule is CCOc1ccc2nc(NC(=O)CSc3[nH]c4ccccc4[n+]3C)sc2c1. The monoisotopic (exact) mass is 399 g/mol. The summed E-state index contributed by atoms with van der Waals surface area (Å²) in [5.41, 5.74) is 3.02. The number of anilines is 1. The molecular weight excluding hydrogens is 380 g/mol. The van der Waals surface area contributed by atoms with Crippen molar-refractivity contribution in [3.05, 3.63) is 42.5 Å². The van der Waals surface area contributed by atoms with E-state index in [1.54, 1.807) is 0 Å². The van der Waals surface area contributed by atoms with Crippen molar-refractivity contribution in [2.24, 2.45) is 7.05 Å².